The van der Waals surface area contributed by atoms with Crippen molar-refractivity contribution in [3.63, 3.8) is 0 Å². The van der Waals surface area contributed by atoms with E-state index in [1.165, 1.54) is 0 Å². The zero-order valence-electron chi connectivity index (χ0n) is 16.2. The summed E-state index contributed by atoms with van der Waals surface area (Å²) in [5.74, 6) is -0.0729. The Kier molecular flexibility index (Phi) is 6.22. The Labute approximate surface area is 177 Å². The second-order valence-electron chi connectivity index (χ2n) is 6.90. The molecule has 0 aromatic heterocycles. The van der Waals surface area contributed by atoms with Gasteiger partial charge in [0.2, 0.25) is 5.91 Å². The van der Waals surface area contributed by atoms with Crippen molar-refractivity contribution in [1.29, 1.82) is 0 Å². The topological polar surface area (TPSA) is 87.7 Å². The maximum Gasteiger partial charge on any atom is 0.325 e. The van der Waals surface area contributed by atoms with E-state index in [-0.39, 0.29) is 12.5 Å². The summed E-state index contributed by atoms with van der Waals surface area (Å²) in [6.07, 6.45) is 0.631. The molecule has 1 heterocycles. The number of hydrogen-bond donors (Lipinski definition) is 2. The first-order chi connectivity index (χ1) is 13.8. The van der Waals surface area contributed by atoms with Gasteiger partial charge in [0, 0.05) is 11.0 Å². The molecule has 29 heavy (non-hydrogen) atoms. The lowest BCUT2D eigenvalue weighted by Gasteiger charge is -2.22. The van der Waals surface area contributed by atoms with Crippen molar-refractivity contribution in [2.45, 2.75) is 18.9 Å². The van der Waals surface area contributed by atoms with Crippen LogP contribution >= 0.6 is 15.9 Å². The van der Waals surface area contributed by atoms with Crippen LogP contribution in [0.4, 0.5) is 4.79 Å². The summed E-state index contributed by atoms with van der Waals surface area (Å²) in [6, 6.07) is 14.1. The van der Waals surface area contributed by atoms with Gasteiger partial charge in [-0.15, -0.1) is 0 Å². The molecule has 2 aromatic rings. The summed E-state index contributed by atoms with van der Waals surface area (Å²) in [7, 11) is 1.60. The van der Waals surface area contributed by atoms with Crippen LogP contribution in [0.2, 0.25) is 0 Å². The molecule has 2 aromatic carbocycles. The number of amides is 4. The minimum Gasteiger partial charge on any atom is -0.497 e. The van der Waals surface area contributed by atoms with E-state index >= 15 is 0 Å². The molecule has 0 radical (unpaired) electrons. The number of carbonyl (C=O) groups is 3. The zero-order chi connectivity index (χ0) is 21.0. The minimum absolute atomic E-state index is 0.323. The molecule has 1 saturated heterocycles. The van der Waals surface area contributed by atoms with E-state index in [2.05, 4.69) is 26.6 Å². The first-order valence-corrected chi connectivity index (χ1v) is 9.92. The second-order valence-corrected chi connectivity index (χ2v) is 7.82. The van der Waals surface area contributed by atoms with E-state index < -0.39 is 17.5 Å². The molecule has 152 valence electrons. The Morgan fingerprint density at radius 1 is 1.21 bits per heavy atom. The van der Waals surface area contributed by atoms with E-state index in [0.29, 0.717) is 18.5 Å². The molecule has 4 amide bonds. The lowest BCUT2D eigenvalue weighted by atomic mass is 9.92. The number of imide groups is 1. The lowest BCUT2D eigenvalue weighted by Crippen LogP contribution is -2.43. The summed E-state index contributed by atoms with van der Waals surface area (Å²) in [5, 5.41) is 5.45. The van der Waals surface area contributed by atoms with E-state index in [4.69, 9.17) is 4.74 Å². The molecule has 1 atom stereocenters. The third kappa shape index (κ3) is 4.59. The number of ether oxygens (including phenoxy) is 1. The van der Waals surface area contributed by atoms with Gasteiger partial charge >= 0.3 is 6.03 Å². The number of benzene rings is 2. The van der Waals surface area contributed by atoms with Crippen molar-refractivity contribution >= 4 is 33.8 Å². The number of nitrogens with zero attached hydrogens (tertiary/aromatic N) is 1. The molecular formula is C21H22BrN3O4. The third-order valence-corrected chi connectivity index (χ3v) is 5.37. The van der Waals surface area contributed by atoms with Crippen molar-refractivity contribution in [3.8, 4) is 5.75 Å². The van der Waals surface area contributed by atoms with Crippen LogP contribution in [0.25, 0.3) is 0 Å². The predicted octanol–water partition coefficient (Wildman–Crippen LogP) is 2.58. The minimum atomic E-state index is -1.20. The Morgan fingerprint density at radius 3 is 2.59 bits per heavy atom. The Bertz CT molecular complexity index is 932. The predicted molar refractivity (Wildman–Crippen MR) is 111 cm³/mol. The fourth-order valence-electron chi connectivity index (χ4n) is 3.17. The number of halogens is 1. The van der Waals surface area contributed by atoms with Gasteiger partial charge in [-0.3, -0.25) is 14.5 Å². The average molecular weight is 460 g/mol. The van der Waals surface area contributed by atoms with Crippen LogP contribution in [0.5, 0.6) is 5.75 Å². The standard InChI is InChI=1S/C21H22BrN3O4/c1-21(15-4-3-5-16(22)12-15)19(27)25(20(28)24-21)13-18(26)23-11-10-14-6-8-17(29-2)9-7-14/h3-9,12H,10-11,13H2,1-2H3,(H,23,26)(H,24,28)/t21-/m0/s1. The fraction of sp³-hybridized carbons (Fsp3) is 0.286. The van der Waals surface area contributed by atoms with Gasteiger partial charge in [0.1, 0.15) is 17.8 Å². The van der Waals surface area contributed by atoms with Gasteiger partial charge in [0.25, 0.3) is 5.91 Å². The Hall–Kier alpha value is -2.87. The maximum absolute atomic E-state index is 12.9. The first-order valence-electron chi connectivity index (χ1n) is 9.13. The van der Waals surface area contributed by atoms with Crippen LogP contribution in [0.1, 0.15) is 18.1 Å². The molecule has 8 heteroatoms. The van der Waals surface area contributed by atoms with Gasteiger partial charge in [0.05, 0.1) is 7.11 Å². The third-order valence-electron chi connectivity index (χ3n) is 4.87. The molecule has 0 saturated carbocycles. The molecule has 0 bridgehead atoms. The highest BCUT2D eigenvalue weighted by atomic mass is 79.9. The lowest BCUT2D eigenvalue weighted by molar-refractivity contribution is -0.134. The molecule has 3 rings (SSSR count). The molecule has 1 fully saturated rings. The summed E-state index contributed by atoms with van der Waals surface area (Å²) in [4.78, 5) is 38.4. The van der Waals surface area contributed by atoms with Gasteiger partial charge in [0.15, 0.2) is 0 Å². The van der Waals surface area contributed by atoms with E-state index in [9.17, 15) is 14.4 Å². The van der Waals surface area contributed by atoms with Crippen molar-refractivity contribution < 1.29 is 19.1 Å². The number of urea groups is 1. The quantitative estimate of drug-likeness (QED) is 0.622. The average Bonchev–Trinajstić information content (AvgIpc) is 2.92. The van der Waals surface area contributed by atoms with Crippen LogP contribution in [-0.2, 0) is 21.5 Å². The van der Waals surface area contributed by atoms with Crippen molar-refractivity contribution in [1.82, 2.24) is 15.5 Å². The van der Waals surface area contributed by atoms with Gasteiger partial charge < -0.3 is 15.4 Å². The number of hydrogen-bond acceptors (Lipinski definition) is 4. The number of nitrogens with one attached hydrogen (secondary N) is 2. The van der Waals surface area contributed by atoms with Crippen molar-refractivity contribution in [2.24, 2.45) is 0 Å². The number of carbonyl (C=O) groups excluding carboxylic acids is 3. The monoisotopic (exact) mass is 459 g/mol. The largest absolute Gasteiger partial charge is 0.497 e. The smallest absolute Gasteiger partial charge is 0.325 e. The molecule has 0 aliphatic carbocycles. The van der Waals surface area contributed by atoms with Crippen LogP contribution in [0.15, 0.2) is 53.0 Å². The van der Waals surface area contributed by atoms with E-state index in [1.807, 2.05) is 30.3 Å². The van der Waals surface area contributed by atoms with Crippen LogP contribution in [0.3, 0.4) is 0 Å². The molecule has 1 aliphatic rings. The summed E-state index contributed by atoms with van der Waals surface area (Å²) >= 11 is 3.37. The second kappa shape index (κ2) is 8.65. The number of methoxy groups -OCH3 is 1. The Morgan fingerprint density at radius 2 is 1.93 bits per heavy atom. The molecule has 7 nitrogen and oxygen atoms in total. The van der Waals surface area contributed by atoms with Crippen LogP contribution in [0, 0.1) is 0 Å². The zero-order valence-corrected chi connectivity index (χ0v) is 17.8. The Balaban J connectivity index is 1.57. The van der Waals surface area contributed by atoms with Gasteiger partial charge in [-0.05, 0) is 48.7 Å². The molecule has 0 unspecified atom stereocenters. The van der Waals surface area contributed by atoms with E-state index in [1.54, 1.807) is 32.2 Å². The summed E-state index contributed by atoms with van der Waals surface area (Å²) in [6.45, 7) is 1.71. The van der Waals surface area contributed by atoms with Gasteiger partial charge in [-0.2, -0.15) is 0 Å². The SMILES string of the molecule is COc1ccc(CCNC(=O)CN2C(=O)N[C@@](C)(c3cccc(Br)c3)C2=O)cc1. The summed E-state index contributed by atoms with van der Waals surface area (Å²) < 4.78 is 5.91. The summed E-state index contributed by atoms with van der Waals surface area (Å²) in [5.41, 5.74) is 0.487. The maximum atomic E-state index is 12.9. The van der Waals surface area contributed by atoms with Crippen LogP contribution < -0.4 is 15.4 Å². The van der Waals surface area contributed by atoms with Crippen molar-refractivity contribution in [3.05, 3.63) is 64.1 Å². The number of rotatable bonds is 7. The first kappa shape index (κ1) is 20.9. The highest BCUT2D eigenvalue weighted by Crippen LogP contribution is 2.30. The molecule has 2 N–H and O–H groups in total. The molecule has 1 aliphatic heterocycles. The van der Waals surface area contributed by atoms with Crippen LogP contribution in [-0.4, -0.2) is 42.9 Å². The highest BCUT2D eigenvalue weighted by molar-refractivity contribution is 9.10. The van der Waals surface area contributed by atoms with Gasteiger partial charge in [-0.1, -0.05) is 40.2 Å². The highest BCUT2D eigenvalue weighted by Gasteiger charge is 2.49. The van der Waals surface area contributed by atoms with Gasteiger partial charge in [-0.25, -0.2) is 4.79 Å². The van der Waals surface area contributed by atoms with Crippen molar-refractivity contribution in [2.75, 3.05) is 20.2 Å². The molecular weight excluding hydrogens is 438 g/mol. The normalized spacial score (nSPS) is 18.5. The fourth-order valence-corrected chi connectivity index (χ4v) is 3.57. The van der Waals surface area contributed by atoms with E-state index in [0.717, 1.165) is 20.7 Å². The molecule has 0 spiro atoms.